The molecule has 0 aromatic heterocycles. The summed E-state index contributed by atoms with van der Waals surface area (Å²) in [6.07, 6.45) is 10.9. The van der Waals surface area contributed by atoms with Gasteiger partial charge in [-0.15, -0.1) is 12.3 Å². The fourth-order valence-corrected chi connectivity index (χ4v) is 0.994. The Kier molecular flexibility index (Phi) is 6.56. The molecule has 0 radical (unpaired) electrons. The molecule has 0 aromatic carbocycles. The van der Waals surface area contributed by atoms with E-state index in [0.29, 0.717) is 0 Å². The average molecular weight is 139 g/mol. The number of hydrogen-bond acceptors (Lipinski definition) is 0. The normalized spacial score (nSPS) is 9.90. The van der Waals surface area contributed by atoms with E-state index in [1.54, 1.807) is 0 Å². The summed E-state index contributed by atoms with van der Waals surface area (Å²) in [5.74, 6) is 2.76. The van der Waals surface area contributed by atoms with E-state index in [1.807, 2.05) is 0 Å². The second-order valence-electron chi connectivity index (χ2n) is 2.69. The fourth-order valence-electron chi connectivity index (χ4n) is 0.994. The highest BCUT2D eigenvalue weighted by atomic mass is 13.9. The molecule has 0 N–H and O–H groups in total. The first-order valence-electron chi connectivity index (χ1n) is 4.81. The summed E-state index contributed by atoms with van der Waals surface area (Å²) in [6, 6.07) is 0. The third kappa shape index (κ3) is 7.56. The molecule has 0 bridgehead atoms. The SMILES string of the molecule is [2H]C#CCCCCCCCC. The molecule has 0 atom stereocenters. The van der Waals surface area contributed by atoms with Gasteiger partial charge in [0.1, 0.15) is 1.37 Å². The van der Waals surface area contributed by atoms with Crippen molar-refractivity contribution in [2.75, 3.05) is 0 Å². The molecule has 0 saturated carbocycles. The Morgan fingerprint density at radius 2 is 1.90 bits per heavy atom. The molecule has 0 aromatic rings. The van der Waals surface area contributed by atoms with Crippen molar-refractivity contribution in [2.45, 2.75) is 51.9 Å². The minimum Gasteiger partial charge on any atom is -0.120 e. The molecule has 0 heteroatoms. The topological polar surface area (TPSA) is 0 Å². The van der Waals surface area contributed by atoms with E-state index in [2.05, 4.69) is 19.2 Å². The van der Waals surface area contributed by atoms with Gasteiger partial charge in [-0.2, -0.15) is 0 Å². The Balaban J connectivity index is 2.83. The quantitative estimate of drug-likeness (QED) is 0.391. The molecule has 0 aliphatic rings. The lowest BCUT2D eigenvalue weighted by molar-refractivity contribution is 0.614. The molecule has 0 nitrogen and oxygen atoms in total. The van der Waals surface area contributed by atoms with Crippen LogP contribution in [0.3, 0.4) is 0 Å². The lowest BCUT2D eigenvalue weighted by Gasteiger charge is -1.95. The van der Waals surface area contributed by atoms with Crippen molar-refractivity contribution in [1.29, 1.82) is 0 Å². The predicted octanol–water partition coefficient (Wildman–Crippen LogP) is 3.37. The standard InChI is InChI=1S/C10H18/c1-3-5-7-9-10-8-6-4-2/h1H,4-10H2,2H3/i1D. The van der Waals surface area contributed by atoms with Crippen LogP contribution in [0.4, 0.5) is 0 Å². The average Bonchev–Trinajstić information content (AvgIpc) is 2.03. The van der Waals surface area contributed by atoms with E-state index < -0.39 is 0 Å². The highest BCUT2D eigenvalue weighted by molar-refractivity contribution is 4.82. The Morgan fingerprint density at radius 3 is 2.60 bits per heavy atom. The summed E-state index contributed by atoms with van der Waals surface area (Å²) in [5, 5.41) is 0. The highest BCUT2D eigenvalue weighted by Crippen LogP contribution is 2.05. The Hall–Kier alpha value is -0.440. The van der Waals surface area contributed by atoms with Crippen molar-refractivity contribution in [3.63, 3.8) is 0 Å². The second-order valence-corrected chi connectivity index (χ2v) is 2.69. The third-order valence-corrected chi connectivity index (χ3v) is 1.66. The van der Waals surface area contributed by atoms with Crippen LogP contribution in [0.25, 0.3) is 0 Å². The Morgan fingerprint density at radius 1 is 1.20 bits per heavy atom. The van der Waals surface area contributed by atoms with Crippen LogP contribution in [-0.4, -0.2) is 0 Å². The maximum atomic E-state index is 6.59. The molecule has 0 spiro atoms. The van der Waals surface area contributed by atoms with Gasteiger partial charge in [0.2, 0.25) is 0 Å². The summed E-state index contributed by atoms with van der Waals surface area (Å²) in [7, 11) is 0. The number of rotatable bonds is 6. The Labute approximate surface area is 66.4 Å². The van der Waals surface area contributed by atoms with Gasteiger partial charge in [0.25, 0.3) is 0 Å². The van der Waals surface area contributed by atoms with Gasteiger partial charge in [-0.1, -0.05) is 39.0 Å². The van der Waals surface area contributed by atoms with Gasteiger partial charge in [-0.05, 0) is 6.42 Å². The predicted molar refractivity (Wildman–Crippen MR) is 46.8 cm³/mol. The zero-order chi connectivity index (χ0) is 8.36. The van der Waals surface area contributed by atoms with Gasteiger partial charge in [-0.3, -0.25) is 0 Å². The van der Waals surface area contributed by atoms with Crippen molar-refractivity contribution in [2.24, 2.45) is 0 Å². The lowest BCUT2D eigenvalue weighted by Crippen LogP contribution is -1.77. The molecule has 0 heterocycles. The van der Waals surface area contributed by atoms with Crippen molar-refractivity contribution in [1.82, 2.24) is 0 Å². The van der Waals surface area contributed by atoms with E-state index in [9.17, 15) is 0 Å². The first-order valence-corrected chi connectivity index (χ1v) is 4.31. The molecule has 0 saturated heterocycles. The van der Waals surface area contributed by atoms with Crippen molar-refractivity contribution in [3.8, 4) is 12.3 Å². The van der Waals surface area contributed by atoms with Crippen LogP contribution in [0.15, 0.2) is 0 Å². The molecule has 0 fully saturated rings. The molecule has 58 valence electrons. The van der Waals surface area contributed by atoms with Crippen LogP contribution >= 0.6 is 0 Å². The van der Waals surface area contributed by atoms with Crippen molar-refractivity contribution >= 4 is 0 Å². The van der Waals surface area contributed by atoms with Crippen LogP contribution in [0.5, 0.6) is 0 Å². The minimum absolute atomic E-state index is 0.912. The first kappa shape index (κ1) is 7.66. The summed E-state index contributed by atoms with van der Waals surface area (Å²) in [6.45, 7) is 2.23. The van der Waals surface area contributed by atoms with Gasteiger partial charge >= 0.3 is 0 Å². The zero-order valence-corrected chi connectivity index (χ0v) is 6.95. The van der Waals surface area contributed by atoms with E-state index >= 15 is 0 Å². The zero-order valence-electron chi connectivity index (χ0n) is 7.95. The van der Waals surface area contributed by atoms with E-state index in [0.717, 1.165) is 6.42 Å². The van der Waals surface area contributed by atoms with Crippen LogP contribution in [-0.2, 0) is 0 Å². The van der Waals surface area contributed by atoms with Gasteiger partial charge < -0.3 is 0 Å². The Bertz CT molecular complexity index is 119. The smallest absolute Gasteiger partial charge is 0.120 e. The summed E-state index contributed by atoms with van der Waals surface area (Å²) >= 11 is 0. The highest BCUT2D eigenvalue weighted by Gasteiger charge is 1.86. The summed E-state index contributed by atoms with van der Waals surface area (Å²) in [5.41, 5.74) is 0. The van der Waals surface area contributed by atoms with Gasteiger partial charge in [0.15, 0.2) is 0 Å². The molecular weight excluding hydrogens is 120 g/mol. The monoisotopic (exact) mass is 139 g/mol. The first-order chi connectivity index (χ1) is 5.41. The largest absolute Gasteiger partial charge is 0.124 e. The van der Waals surface area contributed by atoms with Crippen LogP contribution in [0.1, 0.15) is 53.2 Å². The second kappa shape index (κ2) is 8.56. The number of hydrogen-bond donors (Lipinski definition) is 0. The number of terminal acetylenes is 1. The number of unbranched alkanes of at least 4 members (excludes halogenated alkanes) is 6. The summed E-state index contributed by atoms with van der Waals surface area (Å²) in [4.78, 5) is 0. The molecular formula is C10H18. The maximum Gasteiger partial charge on any atom is 0.124 e. The third-order valence-electron chi connectivity index (χ3n) is 1.66. The van der Waals surface area contributed by atoms with E-state index in [4.69, 9.17) is 1.37 Å². The minimum atomic E-state index is 0.912. The van der Waals surface area contributed by atoms with Crippen LogP contribution < -0.4 is 0 Å². The maximum absolute atomic E-state index is 6.59. The van der Waals surface area contributed by atoms with Gasteiger partial charge in [0.05, 0.1) is 0 Å². The molecule has 0 unspecified atom stereocenters. The van der Waals surface area contributed by atoms with Crippen molar-refractivity contribution in [3.05, 3.63) is 0 Å². The van der Waals surface area contributed by atoms with Crippen LogP contribution in [0.2, 0.25) is 0 Å². The van der Waals surface area contributed by atoms with E-state index in [1.165, 1.54) is 38.5 Å². The van der Waals surface area contributed by atoms with Gasteiger partial charge in [0, 0.05) is 6.42 Å². The molecule has 10 heavy (non-hydrogen) atoms. The van der Waals surface area contributed by atoms with E-state index in [-0.39, 0.29) is 0 Å². The van der Waals surface area contributed by atoms with Crippen molar-refractivity contribution < 1.29 is 1.37 Å². The summed E-state index contributed by atoms with van der Waals surface area (Å²) < 4.78 is 6.59. The molecule has 0 aliphatic heterocycles. The molecule has 0 rings (SSSR count). The van der Waals surface area contributed by atoms with Crippen LogP contribution in [0, 0.1) is 12.3 Å². The molecule has 0 amide bonds. The lowest BCUT2D eigenvalue weighted by atomic mass is 10.1. The fraction of sp³-hybridized carbons (Fsp3) is 0.800. The van der Waals surface area contributed by atoms with Gasteiger partial charge in [-0.25, -0.2) is 0 Å². The molecule has 0 aliphatic carbocycles.